The molecular weight excluding hydrogens is 512 g/mol. The summed E-state index contributed by atoms with van der Waals surface area (Å²) >= 11 is 0. The highest BCUT2D eigenvalue weighted by Gasteiger charge is 2.52. The average Bonchev–Trinajstić information content (AvgIpc) is 3.76. The summed E-state index contributed by atoms with van der Waals surface area (Å²) in [5, 5.41) is 16.8. The van der Waals surface area contributed by atoms with Gasteiger partial charge in [0.1, 0.15) is 17.2 Å². The Morgan fingerprint density at radius 3 is 2.32 bits per heavy atom. The molecule has 0 atom stereocenters. The molecular formula is C34H28N4O3. The summed E-state index contributed by atoms with van der Waals surface area (Å²) in [5.74, 6) is 1.14. The van der Waals surface area contributed by atoms with E-state index in [1.165, 1.54) is 0 Å². The number of carbonyl (C=O) groups excluding carboxylic acids is 1. The van der Waals surface area contributed by atoms with E-state index in [0.717, 1.165) is 52.0 Å². The van der Waals surface area contributed by atoms with E-state index in [1.807, 2.05) is 86.6 Å². The van der Waals surface area contributed by atoms with Crippen LogP contribution >= 0.6 is 0 Å². The zero-order valence-electron chi connectivity index (χ0n) is 22.8. The number of hydrogen-bond acceptors (Lipinski definition) is 7. The summed E-state index contributed by atoms with van der Waals surface area (Å²) < 4.78 is 11.0. The maximum atomic E-state index is 12.4. The van der Waals surface area contributed by atoms with Crippen molar-refractivity contribution < 1.29 is 14.1 Å². The van der Waals surface area contributed by atoms with Gasteiger partial charge in [-0.25, -0.2) is 4.98 Å². The minimum Gasteiger partial charge on any atom is -0.465 e. The van der Waals surface area contributed by atoms with E-state index in [9.17, 15) is 10.1 Å². The molecule has 0 radical (unpaired) electrons. The lowest BCUT2D eigenvalue weighted by molar-refractivity contribution is -0.146. The fourth-order valence-corrected chi connectivity index (χ4v) is 5.06. The highest BCUT2D eigenvalue weighted by atomic mass is 16.5. The maximum Gasteiger partial charge on any atom is 0.316 e. The number of rotatable bonds is 8. The summed E-state index contributed by atoms with van der Waals surface area (Å²) in [7, 11) is 0. The minimum atomic E-state index is -0.471. The topological polar surface area (TPSA) is 101 Å². The predicted molar refractivity (Wildman–Crippen MR) is 157 cm³/mol. The van der Waals surface area contributed by atoms with Crippen molar-refractivity contribution in [1.82, 2.24) is 10.1 Å². The SMILES string of the molecule is CCOC(=O)C1(c2ccc(-c3ccc(-c4onc(C)c4Nc4cccc(-c5cccc(C#N)c5)n4)cc3)cc2)CC1. The van der Waals surface area contributed by atoms with Crippen molar-refractivity contribution in [3.05, 3.63) is 108 Å². The molecule has 1 aliphatic rings. The number of esters is 1. The molecule has 202 valence electrons. The third-order valence-corrected chi connectivity index (χ3v) is 7.49. The van der Waals surface area contributed by atoms with Crippen LogP contribution in [0.2, 0.25) is 0 Å². The van der Waals surface area contributed by atoms with E-state index in [4.69, 9.17) is 14.2 Å². The van der Waals surface area contributed by atoms with E-state index in [1.54, 1.807) is 6.07 Å². The molecule has 0 amide bonds. The van der Waals surface area contributed by atoms with Gasteiger partial charge in [0, 0.05) is 11.1 Å². The van der Waals surface area contributed by atoms with Crippen molar-refractivity contribution in [2.24, 2.45) is 0 Å². The molecule has 1 aliphatic carbocycles. The molecule has 2 heterocycles. The summed E-state index contributed by atoms with van der Waals surface area (Å²) in [6.07, 6.45) is 1.67. The molecule has 1 fully saturated rings. The molecule has 5 aromatic rings. The second-order valence-electron chi connectivity index (χ2n) is 10.2. The molecule has 3 aromatic carbocycles. The Morgan fingerprint density at radius 2 is 1.63 bits per heavy atom. The molecule has 41 heavy (non-hydrogen) atoms. The van der Waals surface area contributed by atoms with Crippen molar-refractivity contribution in [1.29, 1.82) is 5.26 Å². The van der Waals surface area contributed by atoms with Gasteiger partial charge in [-0.15, -0.1) is 0 Å². The van der Waals surface area contributed by atoms with Crippen LogP contribution in [0.1, 0.15) is 36.6 Å². The van der Waals surface area contributed by atoms with Crippen LogP contribution < -0.4 is 5.32 Å². The van der Waals surface area contributed by atoms with Gasteiger partial charge in [-0.2, -0.15) is 5.26 Å². The van der Waals surface area contributed by atoms with Gasteiger partial charge < -0.3 is 14.6 Å². The predicted octanol–water partition coefficient (Wildman–Crippen LogP) is 7.59. The molecule has 0 spiro atoms. The van der Waals surface area contributed by atoms with Crippen LogP contribution in [0.15, 0.2) is 95.5 Å². The van der Waals surface area contributed by atoms with Crippen LogP contribution in [0.4, 0.5) is 11.5 Å². The monoisotopic (exact) mass is 540 g/mol. The Labute approximate surface area is 238 Å². The fraction of sp³-hybridized carbons (Fsp3) is 0.176. The number of anilines is 2. The molecule has 2 aromatic heterocycles. The normalized spacial score (nSPS) is 13.3. The second kappa shape index (κ2) is 10.7. The van der Waals surface area contributed by atoms with Crippen molar-refractivity contribution in [2.75, 3.05) is 11.9 Å². The van der Waals surface area contributed by atoms with Crippen molar-refractivity contribution >= 4 is 17.5 Å². The quantitative estimate of drug-likeness (QED) is 0.202. The van der Waals surface area contributed by atoms with Crippen molar-refractivity contribution in [3.8, 4) is 39.8 Å². The van der Waals surface area contributed by atoms with Crippen LogP contribution in [0.5, 0.6) is 0 Å². The third kappa shape index (κ3) is 5.08. The van der Waals surface area contributed by atoms with Crippen LogP contribution in [-0.4, -0.2) is 22.7 Å². The molecule has 0 aliphatic heterocycles. The average molecular weight is 541 g/mol. The highest BCUT2D eigenvalue weighted by Crippen LogP contribution is 2.49. The van der Waals surface area contributed by atoms with E-state index in [-0.39, 0.29) is 5.97 Å². The first-order valence-electron chi connectivity index (χ1n) is 13.6. The van der Waals surface area contributed by atoms with E-state index < -0.39 is 5.41 Å². The lowest BCUT2D eigenvalue weighted by Gasteiger charge is -2.14. The first kappa shape index (κ1) is 26.0. The summed E-state index contributed by atoms with van der Waals surface area (Å²) in [4.78, 5) is 17.2. The van der Waals surface area contributed by atoms with Gasteiger partial charge in [0.05, 0.1) is 29.3 Å². The zero-order valence-corrected chi connectivity index (χ0v) is 22.8. The van der Waals surface area contributed by atoms with E-state index >= 15 is 0 Å². The molecule has 7 heteroatoms. The van der Waals surface area contributed by atoms with Gasteiger partial charge in [0.25, 0.3) is 0 Å². The summed E-state index contributed by atoms with van der Waals surface area (Å²) in [5.41, 5.74) is 7.21. The summed E-state index contributed by atoms with van der Waals surface area (Å²) in [6.45, 7) is 4.12. The summed E-state index contributed by atoms with van der Waals surface area (Å²) in [6, 6.07) is 31.6. The lowest BCUT2D eigenvalue weighted by Crippen LogP contribution is -2.23. The standard InChI is InChI=1S/C34H28N4O3/c1-3-40-33(39)34(18-19-34)28-16-14-25(15-17-28)24-10-12-26(13-11-24)32-31(22(2)38-41-32)37-30-9-5-8-29(36-30)27-7-4-6-23(20-27)21-35/h4-17,20H,3,18-19H2,1-2H3,(H,36,37). The van der Waals surface area contributed by atoms with Gasteiger partial charge in [-0.1, -0.05) is 71.9 Å². The Morgan fingerprint density at radius 1 is 0.951 bits per heavy atom. The fourth-order valence-electron chi connectivity index (χ4n) is 5.06. The van der Waals surface area contributed by atoms with Gasteiger partial charge >= 0.3 is 5.97 Å². The molecule has 0 saturated heterocycles. The van der Waals surface area contributed by atoms with E-state index in [0.29, 0.717) is 29.4 Å². The smallest absolute Gasteiger partial charge is 0.316 e. The number of nitrogens with one attached hydrogen (secondary N) is 1. The Hall–Kier alpha value is -5.22. The van der Waals surface area contributed by atoms with Gasteiger partial charge in [-0.3, -0.25) is 4.79 Å². The first-order valence-corrected chi connectivity index (χ1v) is 13.6. The van der Waals surface area contributed by atoms with Crippen molar-refractivity contribution in [3.63, 3.8) is 0 Å². The molecule has 0 unspecified atom stereocenters. The number of nitrogens with zero attached hydrogens (tertiary/aromatic N) is 3. The van der Waals surface area contributed by atoms with Crippen LogP contribution in [0.25, 0.3) is 33.7 Å². The Bertz CT molecular complexity index is 1760. The number of carbonyl (C=O) groups is 1. The Kier molecular flexibility index (Phi) is 6.82. The van der Waals surface area contributed by atoms with Crippen LogP contribution in [-0.2, 0) is 14.9 Å². The number of hydrogen-bond donors (Lipinski definition) is 1. The van der Waals surface area contributed by atoms with Gasteiger partial charge in [0.15, 0.2) is 5.76 Å². The first-order chi connectivity index (χ1) is 20.0. The maximum absolute atomic E-state index is 12.4. The van der Waals surface area contributed by atoms with Gasteiger partial charge in [0.2, 0.25) is 0 Å². The second-order valence-corrected chi connectivity index (χ2v) is 10.2. The molecule has 1 N–H and O–H groups in total. The van der Waals surface area contributed by atoms with Crippen molar-refractivity contribution in [2.45, 2.75) is 32.1 Å². The number of ether oxygens (including phenoxy) is 1. The largest absolute Gasteiger partial charge is 0.465 e. The molecule has 1 saturated carbocycles. The highest BCUT2D eigenvalue weighted by molar-refractivity contribution is 5.87. The number of aryl methyl sites for hydroxylation is 1. The zero-order chi connectivity index (χ0) is 28.4. The number of nitriles is 1. The lowest BCUT2D eigenvalue weighted by atomic mass is 9.93. The third-order valence-electron chi connectivity index (χ3n) is 7.49. The van der Waals surface area contributed by atoms with Crippen LogP contribution in [0.3, 0.4) is 0 Å². The number of benzene rings is 3. The van der Waals surface area contributed by atoms with Gasteiger partial charge in [-0.05, 0) is 67.6 Å². The van der Waals surface area contributed by atoms with Crippen LogP contribution in [0, 0.1) is 18.3 Å². The minimum absolute atomic E-state index is 0.126. The number of pyridine rings is 1. The molecule has 6 rings (SSSR count). The Balaban J connectivity index is 1.22. The molecule has 0 bridgehead atoms. The molecule has 7 nitrogen and oxygen atoms in total. The number of aromatic nitrogens is 2. The van der Waals surface area contributed by atoms with E-state index in [2.05, 4.69) is 28.7 Å².